The van der Waals surface area contributed by atoms with Gasteiger partial charge in [0.25, 0.3) is 0 Å². The molecule has 0 amide bonds. The molecule has 0 aromatic heterocycles. The van der Waals surface area contributed by atoms with Crippen LogP contribution in [0.3, 0.4) is 0 Å². The number of carboxylic acids is 1. The van der Waals surface area contributed by atoms with Crippen molar-refractivity contribution in [2.45, 2.75) is 20.8 Å². The van der Waals surface area contributed by atoms with Crippen LogP contribution < -0.4 is 4.90 Å². The van der Waals surface area contributed by atoms with Crippen molar-refractivity contribution in [2.75, 3.05) is 18.0 Å². The Balaban J connectivity index is 2.87. The highest BCUT2D eigenvalue weighted by Gasteiger charge is 2.17. The monoisotopic (exact) mass is 253 g/mol. The molecular weight excluding hydrogens is 233 g/mol. The minimum absolute atomic E-state index is 0.302. The predicted molar refractivity (Wildman–Crippen MR) is 70.3 cm³/mol. The van der Waals surface area contributed by atoms with E-state index in [9.17, 15) is 9.18 Å². The van der Waals surface area contributed by atoms with Crippen LogP contribution in [0, 0.1) is 17.7 Å². The van der Waals surface area contributed by atoms with E-state index in [1.165, 1.54) is 12.1 Å². The lowest BCUT2D eigenvalue weighted by Crippen LogP contribution is -2.34. The van der Waals surface area contributed by atoms with Crippen LogP contribution in [0.5, 0.6) is 0 Å². The van der Waals surface area contributed by atoms with Crippen molar-refractivity contribution in [3.8, 4) is 0 Å². The molecule has 0 fully saturated rings. The summed E-state index contributed by atoms with van der Waals surface area (Å²) >= 11 is 0. The van der Waals surface area contributed by atoms with Crippen LogP contribution in [0.2, 0.25) is 0 Å². The van der Waals surface area contributed by atoms with Gasteiger partial charge in [-0.3, -0.25) is 4.79 Å². The molecule has 0 heterocycles. The fourth-order valence-electron chi connectivity index (χ4n) is 1.81. The third-order valence-corrected chi connectivity index (χ3v) is 2.67. The third kappa shape index (κ3) is 4.35. The van der Waals surface area contributed by atoms with Crippen molar-refractivity contribution in [1.82, 2.24) is 0 Å². The van der Waals surface area contributed by atoms with Crippen LogP contribution in [0.25, 0.3) is 0 Å². The second-order valence-corrected chi connectivity index (χ2v) is 5.02. The van der Waals surface area contributed by atoms with Gasteiger partial charge in [-0.1, -0.05) is 26.8 Å². The molecule has 0 aliphatic heterocycles. The van der Waals surface area contributed by atoms with Crippen molar-refractivity contribution < 1.29 is 14.3 Å². The maximum Gasteiger partial charge on any atom is 0.308 e. The molecule has 0 saturated heterocycles. The average molecular weight is 253 g/mol. The molecule has 1 unspecified atom stereocenters. The van der Waals surface area contributed by atoms with Crippen LogP contribution >= 0.6 is 0 Å². The van der Waals surface area contributed by atoms with E-state index in [2.05, 4.69) is 13.8 Å². The lowest BCUT2D eigenvalue weighted by atomic mass is 10.1. The molecule has 0 spiro atoms. The highest BCUT2D eigenvalue weighted by Crippen LogP contribution is 2.18. The number of carbonyl (C=O) groups is 1. The summed E-state index contributed by atoms with van der Waals surface area (Å²) in [5.74, 6) is -1.23. The average Bonchev–Trinajstić information content (AvgIpc) is 2.27. The molecule has 0 bridgehead atoms. The van der Waals surface area contributed by atoms with E-state index in [4.69, 9.17) is 5.11 Å². The van der Waals surface area contributed by atoms with E-state index in [0.29, 0.717) is 19.0 Å². The molecule has 0 radical (unpaired) electrons. The van der Waals surface area contributed by atoms with Gasteiger partial charge in [0.05, 0.1) is 5.92 Å². The fraction of sp³-hybridized carbons (Fsp3) is 0.500. The predicted octanol–water partition coefficient (Wildman–Crippen LogP) is 3.01. The number of anilines is 1. The Hall–Kier alpha value is -1.58. The van der Waals surface area contributed by atoms with Gasteiger partial charge in [0, 0.05) is 18.8 Å². The minimum atomic E-state index is -0.833. The van der Waals surface area contributed by atoms with Crippen LogP contribution in [0.4, 0.5) is 10.1 Å². The molecule has 1 N–H and O–H groups in total. The summed E-state index contributed by atoms with van der Waals surface area (Å²) in [6.45, 7) is 6.86. The molecule has 1 rings (SSSR count). The summed E-state index contributed by atoms with van der Waals surface area (Å²) in [4.78, 5) is 12.8. The molecule has 18 heavy (non-hydrogen) atoms. The molecule has 1 aromatic carbocycles. The zero-order valence-corrected chi connectivity index (χ0v) is 11.1. The summed E-state index contributed by atoms with van der Waals surface area (Å²) in [7, 11) is 0. The molecule has 1 aromatic rings. The number of benzene rings is 1. The standard InChI is InChI=1S/C14H20FNO2/c1-10(2)8-16(9-11(3)14(17)18)13-6-4-5-12(15)7-13/h4-7,10-11H,8-9H2,1-3H3,(H,17,18). The lowest BCUT2D eigenvalue weighted by molar-refractivity contribution is -0.140. The van der Waals surface area contributed by atoms with Crippen molar-refractivity contribution >= 4 is 11.7 Å². The van der Waals surface area contributed by atoms with Crippen molar-refractivity contribution in [3.63, 3.8) is 0 Å². The first-order chi connectivity index (χ1) is 8.40. The first-order valence-electron chi connectivity index (χ1n) is 6.13. The van der Waals surface area contributed by atoms with E-state index >= 15 is 0 Å². The zero-order chi connectivity index (χ0) is 13.7. The van der Waals surface area contributed by atoms with Gasteiger partial charge < -0.3 is 10.0 Å². The van der Waals surface area contributed by atoms with Gasteiger partial charge in [0.1, 0.15) is 5.82 Å². The topological polar surface area (TPSA) is 40.5 Å². The Morgan fingerprint density at radius 3 is 2.50 bits per heavy atom. The van der Waals surface area contributed by atoms with E-state index in [1.54, 1.807) is 19.1 Å². The lowest BCUT2D eigenvalue weighted by Gasteiger charge is -2.28. The SMILES string of the molecule is CC(C)CN(CC(C)C(=O)O)c1cccc(F)c1. The van der Waals surface area contributed by atoms with Crippen LogP contribution in [-0.2, 0) is 4.79 Å². The third-order valence-electron chi connectivity index (χ3n) is 2.67. The number of hydrogen-bond donors (Lipinski definition) is 1. The second kappa shape index (κ2) is 6.38. The molecular formula is C14H20FNO2. The van der Waals surface area contributed by atoms with E-state index in [0.717, 1.165) is 5.69 Å². The largest absolute Gasteiger partial charge is 0.481 e. The van der Waals surface area contributed by atoms with E-state index in [1.807, 2.05) is 4.90 Å². The zero-order valence-electron chi connectivity index (χ0n) is 11.1. The van der Waals surface area contributed by atoms with Gasteiger partial charge in [-0.2, -0.15) is 0 Å². The maximum absolute atomic E-state index is 13.2. The summed E-state index contributed by atoms with van der Waals surface area (Å²) in [5.41, 5.74) is 0.733. The van der Waals surface area contributed by atoms with Crippen molar-refractivity contribution in [3.05, 3.63) is 30.1 Å². The first kappa shape index (κ1) is 14.5. The highest BCUT2D eigenvalue weighted by molar-refractivity contribution is 5.70. The molecule has 1 atom stereocenters. The van der Waals surface area contributed by atoms with Gasteiger partial charge in [-0.05, 0) is 24.1 Å². The second-order valence-electron chi connectivity index (χ2n) is 5.02. The summed E-state index contributed by atoms with van der Waals surface area (Å²) < 4.78 is 13.2. The van der Waals surface area contributed by atoms with Gasteiger partial charge >= 0.3 is 5.97 Å². The first-order valence-corrected chi connectivity index (χ1v) is 6.13. The smallest absolute Gasteiger partial charge is 0.308 e. The fourth-order valence-corrected chi connectivity index (χ4v) is 1.81. The molecule has 0 aliphatic carbocycles. The number of aliphatic carboxylic acids is 1. The number of hydrogen-bond acceptors (Lipinski definition) is 2. The number of carboxylic acid groups (broad SMARTS) is 1. The number of rotatable bonds is 6. The minimum Gasteiger partial charge on any atom is -0.481 e. The van der Waals surface area contributed by atoms with E-state index < -0.39 is 11.9 Å². The Kier molecular flexibility index (Phi) is 5.13. The Morgan fingerprint density at radius 1 is 1.33 bits per heavy atom. The normalized spacial score (nSPS) is 12.5. The number of halogens is 1. The quantitative estimate of drug-likeness (QED) is 0.847. The molecule has 0 saturated carbocycles. The Labute approximate surface area is 107 Å². The highest BCUT2D eigenvalue weighted by atomic mass is 19.1. The Bertz CT molecular complexity index is 407. The van der Waals surface area contributed by atoms with Crippen LogP contribution in [0.1, 0.15) is 20.8 Å². The van der Waals surface area contributed by atoms with E-state index in [-0.39, 0.29) is 5.82 Å². The van der Waals surface area contributed by atoms with Crippen molar-refractivity contribution in [1.29, 1.82) is 0 Å². The summed E-state index contributed by atoms with van der Waals surface area (Å²) in [6.07, 6.45) is 0. The molecule has 4 heteroatoms. The summed E-state index contributed by atoms with van der Waals surface area (Å²) in [5, 5.41) is 8.97. The van der Waals surface area contributed by atoms with Gasteiger partial charge in [-0.25, -0.2) is 4.39 Å². The number of nitrogens with zero attached hydrogens (tertiary/aromatic N) is 1. The molecule has 100 valence electrons. The van der Waals surface area contributed by atoms with Gasteiger partial charge in [-0.15, -0.1) is 0 Å². The van der Waals surface area contributed by atoms with Crippen LogP contribution in [-0.4, -0.2) is 24.2 Å². The Morgan fingerprint density at radius 2 is 2.00 bits per heavy atom. The maximum atomic E-state index is 13.2. The van der Waals surface area contributed by atoms with Crippen LogP contribution in [0.15, 0.2) is 24.3 Å². The molecule has 0 aliphatic rings. The van der Waals surface area contributed by atoms with Gasteiger partial charge in [0.15, 0.2) is 0 Å². The van der Waals surface area contributed by atoms with Crippen molar-refractivity contribution in [2.24, 2.45) is 11.8 Å². The van der Waals surface area contributed by atoms with Gasteiger partial charge in [0.2, 0.25) is 0 Å². The molecule has 3 nitrogen and oxygen atoms in total. The summed E-state index contributed by atoms with van der Waals surface area (Å²) in [6, 6.07) is 6.28.